The number of hydrogen-bond acceptors (Lipinski definition) is 3. The van der Waals surface area contributed by atoms with E-state index in [-0.39, 0.29) is 22.0 Å². The predicted octanol–water partition coefficient (Wildman–Crippen LogP) is 15.3. The Hall–Kier alpha value is -6.26. The molecule has 0 bridgehead atoms. The summed E-state index contributed by atoms with van der Waals surface area (Å²) in [5, 5.41) is 11.9. The molecule has 0 aliphatic rings. The number of aryl methyl sites for hydroxylation is 3. The molecule has 308 valence electrons. The van der Waals surface area contributed by atoms with Gasteiger partial charge in [0.15, 0.2) is 0 Å². The summed E-state index contributed by atoms with van der Waals surface area (Å²) in [5.74, 6) is 0.938. The zero-order valence-corrected chi connectivity index (χ0v) is 38.0. The monoisotopic (exact) mass is 801 g/mol. The maximum Gasteiger partial charge on any atom is 0.149 e. The van der Waals surface area contributed by atoms with E-state index in [2.05, 4.69) is 202 Å². The van der Waals surface area contributed by atoms with Crippen molar-refractivity contribution in [2.24, 2.45) is 0 Å². The predicted molar refractivity (Wildman–Crippen MR) is 258 cm³/mol. The maximum absolute atomic E-state index is 11.9. The van der Waals surface area contributed by atoms with Crippen LogP contribution < -0.4 is 0 Å². The summed E-state index contributed by atoms with van der Waals surface area (Å²) in [5.41, 5.74) is 18.8. The Morgan fingerprint density at radius 3 is 1.79 bits per heavy atom. The molecule has 4 heteroatoms. The average Bonchev–Trinajstić information content (AvgIpc) is 3.61. The summed E-state index contributed by atoms with van der Waals surface area (Å²) >= 11 is 0. The number of phenols is 1. The minimum atomic E-state index is -0.131. The smallest absolute Gasteiger partial charge is 0.149 e. The van der Waals surface area contributed by atoms with E-state index in [9.17, 15) is 5.11 Å². The number of rotatable bonds is 6. The van der Waals surface area contributed by atoms with Crippen LogP contribution in [0, 0.1) is 20.8 Å². The number of para-hydroxylation sites is 1. The third-order valence-corrected chi connectivity index (χ3v) is 12.1. The molecule has 0 unspecified atom stereocenters. The first-order chi connectivity index (χ1) is 28.8. The van der Waals surface area contributed by atoms with Crippen LogP contribution in [0.15, 0.2) is 134 Å². The molecule has 0 fully saturated rings. The van der Waals surface area contributed by atoms with Crippen molar-refractivity contribution in [3.8, 4) is 67.5 Å². The Bertz CT molecular complexity index is 2930. The maximum atomic E-state index is 11.9. The van der Waals surface area contributed by atoms with Crippen molar-refractivity contribution in [1.29, 1.82) is 0 Å². The summed E-state index contributed by atoms with van der Waals surface area (Å²) in [6.45, 7) is 26.5. The fourth-order valence-corrected chi connectivity index (χ4v) is 8.34. The lowest BCUT2D eigenvalue weighted by Gasteiger charge is -2.24. The highest BCUT2D eigenvalue weighted by atomic mass is 16.3. The van der Waals surface area contributed by atoms with Gasteiger partial charge in [0.1, 0.15) is 11.6 Å². The van der Waals surface area contributed by atoms with Gasteiger partial charge in [-0.1, -0.05) is 153 Å². The second kappa shape index (κ2) is 15.3. The summed E-state index contributed by atoms with van der Waals surface area (Å²) in [7, 11) is 0. The SMILES string of the molecule is Cc1ccc(-c2ccnc(-c3cc(-c4cccc5c4nc(-c4cc(C)cc(C)c4O)n5-c4cc(C(C)(C)C)ccc4-c4ccc(C(C)(C)C)cc4)cc(C(C)(C)C)c3)c2)cc1. The molecule has 0 radical (unpaired) electrons. The van der Waals surface area contributed by atoms with Crippen LogP contribution >= 0.6 is 0 Å². The molecule has 0 atom stereocenters. The van der Waals surface area contributed by atoms with Gasteiger partial charge in [-0.2, -0.15) is 0 Å². The van der Waals surface area contributed by atoms with Gasteiger partial charge in [-0.05, 0) is 130 Å². The van der Waals surface area contributed by atoms with Crippen LogP contribution in [0.5, 0.6) is 5.75 Å². The molecule has 8 aromatic rings. The topological polar surface area (TPSA) is 50.9 Å². The molecule has 2 heterocycles. The molecular formula is C57H59N3O. The molecule has 4 nitrogen and oxygen atoms in total. The Balaban J connectivity index is 1.42. The van der Waals surface area contributed by atoms with Crippen LogP contribution in [0.3, 0.4) is 0 Å². The minimum Gasteiger partial charge on any atom is -0.507 e. The van der Waals surface area contributed by atoms with E-state index in [1.54, 1.807) is 0 Å². The summed E-state index contributed by atoms with van der Waals surface area (Å²) in [4.78, 5) is 10.5. The zero-order chi connectivity index (χ0) is 43.6. The summed E-state index contributed by atoms with van der Waals surface area (Å²) in [6, 6.07) is 46.3. The highest BCUT2D eigenvalue weighted by molar-refractivity contribution is 5.98. The molecule has 0 spiro atoms. The van der Waals surface area contributed by atoms with E-state index < -0.39 is 0 Å². The molecule has 8 rings (SSSR count). The quantitative estimate of drug-likeness (QED) is 0.182. The van der Waals surface area contributed by atoms with Gasteiger partial charge in [-0.15, -0.1) is 0 Å². The van der Waals surface area contributed by atoms with Crippen LogP contribution in [0.4, 0.5) is 0 Å². The lowest BCUT2D eigenvalue weighted by atomic mass is 9.83. The van der Waals surface area contributed by atoms with Gasteiger partial charge in [0.05, 0.1) is 28.0 Å². The normalized spacial score (nSPS) is 12.3. The van der Waals surface area contributed by atoms with Gasteiger partial charge >= 0.3 is 0 Å². The third kappa shape index (κ3) is 8.16. The van der Waals surface area contributed by atoms with Crippen molar-refractivity contribution in [2.75, 3.05) is 0 Å². The van der Waals surface area contributed by atoms with Gasteiger partial charge in [0.2, 0.25) is 0 Å². The second-order valence-electron chi connectivity index (χ2n) is 20.1. The molecule has 1 N–H and O–H groups in total. The number of hydrogen-bond donors (Lipinski definition) is 1. The van der Waals surface area contributed by atoms with E-state index in [1.807, 2.05) is 19.2 Å². The number of aromatic hydroxyl groups is 1. The Kier molecular flexibility index (Phi) is 10.4. The lowest BCUT2D eigenvalue weighted by Crippen LogP contribution is -2.13. The van der Waals surface area contributed by atoms with E-state index >= 15 is 0 Å². The lowest BCUT2D eigenvalue weighted by molar-refractivity contribution is 0.472. The van der Waals surface area contributed by atoms with Crippen molar-refractivity contribution >= 4 is 11.0 Å². The second-order valence-corrected chi connectivity index (χ2v) is 20.1. The van der Waals surface area contributed by atoms with Crippen LogP contribution in [-0.2, 0) is 16.2 Å². The van der Waals surface area contributed by atoms with Gasteiger partial charge < -0.3 is 5.11 Å². The number of fused-ring (bicyclic) bond motifs is 1. The standard InChI is InChI=1S/C57H59N3O/c1-35-16-18-38(19-17-35)40-26-27-58-49(33-40)42-30-41(31-45(32-42)57(10,11)12)47-14-13-15-50-52(47)59-54(48-29-36(2)28-37(3)53(48)61)60(50)51-34-44(56(7,8)9)24-25-46(51)39-20-22-43(23-21-39)55(4,5)6/h13-34,61H,1-12H3. The van der Waals surface area contributed by atoms with Crippen LogP contribution in [0.25, 0.3) is 72.7 Å². The number of benzene rings is 6. The molecule has 0 saturated carbocycles. The van der Waals surface area contributed by atoms with E-state index in [0.717, 1.165) is 66.9 Å². The molecule has 6 aromatic carbocycles. The largest absolute Gasteiger partial charge is 0.507 e. The van der Waals surface area contributed by atoms with Gasteiger partial charge in [0, 0.05) is 22.9 Å². The molecule has 61 heavy (non-hydrogen) atoms. The molecule has 0 saturated heterocycles. The first-order valence-corrected chi connectivity index (χ1v) is 21.5. The Morgan fingerprint density at radius 2 is 1.11 bits per heavy atom. The highest BCUT2D eigenvalue weighted by Gasteiger charge is 2.26. The molecule has 0 aliphatic heterocycles. The van der Waals surface area contributed by atoms with E-state index in [0.29, 0.717) is 11.4 Å². The number of phenolic OH excluding ortho intramolecular Hbond substituents is 1. The van der Waals surface area contributed by atoms with E-state index in [4.69, 9.17) is 9.97 Å². The van der Waals surface area contributed by atoms with Crippen molar-refractivity contribution in [3.63, 3.8) is 0 Å². The first-order valence-electron chi connectivity index (χ1n) is 21.5. The molecule has 0 amide bonds. The number of aromatic nitrogens is 3. The first kappa shape index (κ1) is 41.5. The van der Waals surface area contributed by atoms with E-state index in [1.165, 1.54) is 27.8 Å². The highest BCUT2D eigenvalue weighted by Crippen LogP contribution is 2.43. The average molecular weight is 802 g/mol. The van der Waals surface area contributed by atoms with Gasteiger partial charge in [-0.3, -0.25) is 9.55 Å². The number of nitrogens with zero attached hydrogens (tertiary/aromatic N) is 3. The fourth-order valence-electron chi connectivity index (χ4n) is 8.34. The number of pyridine rings is 1. The summed E-state index contributed by atoms with van der Waals surface area (Å²) < 4.78 is 2.29. The van der Waals surface area contributed by atoms with Crippen molar-refractivity contribution in [2.45, 2.75) is 99.3 Å². The van der Waals surface area contributed by atoms with Gasteiger partial charge in [0.25, 0.3) is 0 Å². The van der Waals surface area contributed by atoms with Crippen molar-refractivity contribution in [1.82, 2.24) is 14.5 Å². The minimum absolute atomic E-state index is 0.0340. The molecular weight excluding hydrogens is 743 g/mol. The summed E-state index contributed by atoms with van der Waals surface area (Å²) in [6.07, 6.45) is 1.92. The van der Waals surface area contributed by atoms with Crippen LogP contribution in [0.1, 0.15) is 95.7 Å². The fraction of sp³-hybridized carbons (Fsp3) is 0.263. The number of imidazole rings is 1. The molecule has 0 aliphatic carbocycles. The Morgan fingerprint density at radius 1 is 0.475 bits per heavy atom. The van der Waals surface area contributed by atoms with Crippen LogP contribution in [0.2, 0.25) is 0 Å². The molecule has 2 aromatic heterocycles. The van der Waals surface area contributed by atoms with Crippen molar-refractivity contribution in [3.05, 3.63) is 167 Å². The van der Waals surface area contributed by atoms with Gasteiger partial charge in [-0.25, -0.2) is 4.98 Å². The van der Waals surface area contributed by atoms with Crippen LogP contribution in [-0.4, -0.2) is 19.6 Å². The Labute approximate surface area is 363 Å². The van der Waals surface area contributed by atoms with Crippen molar-refractivity contribution < 1.29 is 5.11 Å². The third-order valence-electron chi connectivity index (χ3n) is 12.1. The zero-order valence-electron chi connectivity index (χ0n) is 38.0.